The lowest BCUT2D eigenvalue weighted by Gasteiger charge is -2.28. The molecule has 150 valence electrons. The maximum atomic E-state index is 13.1. The molecule has 0 unspecified atom stereocenters. The standard InChI is InChI=1S/C22H20N5O3/c28-21(16-5-2-1-3-6-16)27-10-8-18-19(27)24-22(26-11-13-29-14-12-26)25-20(18)30-17-7-4-9-23-15-17/h1-7,9H,8,10-14H2/q+1. The Kier molecular flexibility index (Phi) is 4.87. The first-order valence-corrected chi connectivity index (χ1v) is 9.91. The summed E-state index contributed by atoms with van der Waals surface area (Å²) < 4.78 is 11.5. The van der Waals surface area contributed by atoms with Gasteiger partial charge in [-0.05, 0) is 23.5 Å². The number of carbonyl (C=O) groups excluding carboxylic acids is 1. The van der Waals surface area contributed by atoms with Gasteiger partial charge in [0, 0.05) is 37.3 Å². The van der Waals surface area contributed by atoms with Crippen LogP contribution in [0.2, 0.25) is 0 Å². The SMILES string of the molecule is O=C(c1ccccc1)N1CCc2c(Oc3c#[n+]ccc3)nc(N3CCOCC3)nc21. The summed E-state index contributed by atoms with van der Waals surface area (Å²) in [6, 6.07) is 12.8. The summed E-state index contributed by atoms with van der Waals surface area (Å²) in [6.07, 6.45) is 5.07. The molecule has 30 heavy (non-hydrogen) atoms. The van der Waals surface area contributed by atoms with Crippen molar-refractivity contribution in [3.05, 3.63) is 66.0 Å². The molecule has 0 atom stereocenters. The number of benzene rings is 1. The molecule has 1 fully saturated rings. The lowest BCUT2D eigenvalue weighted by molar-refractivity contribution is -0.294. The second-order valence-corrected chi connectivity index (χ2v) is 7.02. The Morgan fingerprint density at radius 2 is 1.90 bits per heavy atom. The van der Waals surface area contributed by atoms with E-state index < -0.39 is 0 Å². The normalized spacial score (nSPS) is 15.5. The van der Waals surface area contributed by atoms with E-state index in [1.807, 2.05) is 35.2 Å². The third kappa shape index (κ3) is 3.51. The van der Waals surface area contributed by atoms with Crippen LogP contribution in [-0.4, -0.2) is 48.7 Å². The molecule has 3 aromatic rings. The second-order valence-electron chi connectivity index (χ2n) is 7.02. The van der Waals surface area contributed by atoms with Gasteiger partial charge in [-0.25, -0.2) is 0 Å². The van der Waals surface area contributed by atoms with Gasteiger partial charge in [-0.3, -0.25) is 9.69 Å². The lowest BCUT2D eigenvalue weighted by atomic mass is 10.2. The van der Waals surface area contributed by atoms with E-state index in [0.29, 0.717) is 68.2 Å². The second kappa shape index (κ2) is 7.97. The van der Waals surface area contributed by atoms with Gasteiger partial charge in [0.1, 0.15) is 5.82 Å². The third-order valence-corrected chi connectivity index (χ3v) is 5.13. The minimum absolute atomic E-state index is 0.0835. The van der Waals surface area contributed by atoms with E-state index in [2.05, 4.69) is 16.2 Å². The van der Waals surface area contributed by atoms with Crippen LogP contribution < -0.4 is 19.5 Å². The fraction of sp³-hybridized carbons (Fsp3) is 0.273. The monoisotopic (exact) mass is 402 g/mol. The number of fused-ring (bicyclic) bond motifs is 1. The Bertz CT molecular complexity index is 1040. The van der Waals surface area contributed by atoms with E-state index in [0.717, 1.165) is 5.56 Å². The van der Waals surface area contributed by atoms with Crippen LogP contribution in [0.1, 0.15) is 15.9 Å². The molecule has 0 N–H and O–H groups in total. The molecule has 0 radical (unpaired) electrons. The maximum absolute atomic E-state index is 13.1. The number of nitrogens with zero attached hydrogens (tertiary/aromatic N) is 5. The molecule has 1 amide bonds. The molecular weight excluding hydrogens is 382 g/mol. The van der Waals surface area contributed by atoms with Gasteiger partial charge in [0.2, 0.25) is 11.8 Å². The summed E-state index contributed by atoms with van der Waals surface area (Å²) in [5, 5.41) is 0. The molecule has 2 aliphatic rings. The van der Waals surface area contributed by atoms with Crippen molar-refractivity contribution >= 4 is 17.7 Å². The van der Waals surface area contributed by atoms with Crippen LogP contribution in [0.25, 0.3) is 0 Å². The van der Waals surface area contributed by atoms with Gasteiger partial charge in [0.05, 0.1) is 18.8 Å². The van der Waals surface area contributed by atoms with E-state index >= 15 is 0 Å². The van der Waals surface area contributed by atoms with Crippen molar-refractivity contribution in [3.63, 3.8) is 0 Å². The average molecular weight is 402 g/mol. The topological polar surface area (TPSA) is 81.9 Å². The summed E-state index contributed by atoms with van der Waals surface area (Å²) >= 11 is 0. The Morgan fingerprint density at radius 1 is 1.07 bits per heavy atom. The molecule has 2 aromatic heterocycles. The Balaban J connectivity index is 1.55. The minimum Gasteiger partial charge on any atom is -0.423 e. The van der Waals surface area contributed by atoms with Crippen molar-refractivity contribution in [2.75, 3.05) is 42.6 Å². The highest BCUT2D eigenvalue weighted by molar-refractivity contribution is 6.06. The van der Waals surface area contributed by atoms with Gasteiger partial charge < -0.3 is 14.4 Å². The summed E-state index contributed by atoms with van der Waals surface area (Å²) in [6.45, 7) is 3.12. The van der Waals surface area contributed by atoms with Crippen LogP contribution in [0.3, 0.4) is 0 Å². The van der Waals surface area contributed by atoms with Crippen LogP contribution in [-0.2, 0) is 11.2 Å². The molecule has 4 heterocycles. The lowest BCUT2D eigenvalue weighted by Crippen LogP contribution is -2.38. The van der Waals surface area contributed by atoms with E-state index in [-0.39, 0.29) is 5.91 Å². The zero-order valence-electron chi connectivity index (χ0n) is 16.3. The van der Waals surface area contributed by atoms with Crippen molar-refractivity contribution in [3.8, 4) is 11.6 Å². The first-order valence-electron chi connectivity index (χ1n) is 9.91. The Hall–Kier alpha value is -3.70. The molecular formula is C22H20N5O3+. The largest absolute Gasteiger partial charge is 0.423 e. The predicted octanol–water partition coefficient (Wildman–Crippen LogP) is 1.71. The number of morpholine rings is 1. The zero-order chi connectivity index (χ0) is 20.3. The zero-order valence-corrected chi connectivity index (χ0v) is 16.3. The van der Waals surface area contributed by atoms with Crippen molar-refractivity contribution in [1.29, 1.82) is 0 Å². The molecule has 8 heteroatoms. The summed E-state index contributed by atoms with van der Waals surface area (Å²) in [5.74, 6) is 1.95. The number of rotatable bonds is 4. The Labute approximate surface area is 174 Å². The molecule has 1 aromatic carbocycles. The highest BCUT2D eigenvalue weighted by atomic mass is 16.5. The Morgan fingerprint density at radius 3 is 2.67 bits per heavy atom. The predicted molar refractivity (Wildman–Crippen MR) is 108 cm³/mol. The number of carbonyl (C=O) groups is 1. The summed E-state index contributed by atoms with van der Waals surface area (Å²) in [5.41, 5.74) is 1.44. The van der Waals surface area contributed by atoms with Gasteiger partial charge in [-0.2, -0.15) is 9.97 Å². The van der Waals surface area contributed by atoms with Crippen LogP contribution in [0.15, 0.2) is 48.7 Å². The molecule has 0 saturated carbocycles. The maximum Gasteiger partial charge on any atom is 0.358 e. The number of amides is 1. The summed E-state index contributed by atoms with van der Waals surface area (Å²) in [4.78, 5) is 30.3. The first-order chi connectivity index (χ1) is 14.8. The number of aromatic nitrogens is 3. The van der Waals surface area contributed by atoms with Crippen LogP contribution in [0.5, 0.6) is 11.6 Å². The minimum atomic E-state index is -0.0835. The molecule has 0 spiro atoms. The van der Waals surface area contributed by atoms with Crippen molar-refractivity contribution in [2.45, 2.75) is 6.42 Å². The van der Waals surface area contributed by atoms with E-state index in [9.17, 15) is 4.79 Å². The molecule has 8 nitrogen and oxygen atoms in total. The molecule has 2 aliphatic heterocycles. The molecule has 0 bridgehead atoms. The van der Waals surface area contributed by atoms with E-state index in [1.165, 1.54) is 0 Å². The van der Waals surface area contributed by atoms with Crippen molar-refractivity contribution in [2.24, 2.45) is 0 Å². The van der Waals surface area contributed by atoms with Crippen molar-refractivity contribution < 1.29 is 19.3 Å². The van der Waals surface area contributed by atoms with Crippen molar-refractivity contribution in [1.82, 2.24) is 9.97 Å². The number of hydrogen-bond donors (Lipinski definition) is 0. The van der Waals surface area contributed by atoms with Gasteiger partial charge >= 0.3 is 12.4 Å². The van der Waals surface area contributed by atoms with Gasteiger partial charge in [-0.1, -0.05) is 18.2 Å². The average Bonchev–Trinajstić information content (AvgIpc) is 3.25. The van der Waals surface area contributed by atoms with Crippen LogP contribution in [0, 0.1) is 6.20 Å². The van der Waals surface area contributed by atoms with E-state index in [4.69, 9.17) is 14.5 Å². The summed E-state index contributed by atoms with van der Waals surface area (Å²) in [7, 11) is 0. The van der Waals surface area contributed by atoms with Crippen LogP contribution in [0.4, 0.5) is 11.8 Å². The molecule has 5 rings (SSSR count). The fourth-order valence-corrected chi connectivity index (χ4v) is 3.61. The van der Waals surface area contributed by atoms with Crippen LogP contribution >= 0.6 is 0 Å². The van der Waals surface area contributed by atoms with Gasteiger partial charge in [-0.15, -0.1) is 0 Å². The highest BCUT2D eigenvalue weighted by Crippen LogP contribution is 2.37. The van der Waals surface area contributed by atoms with Gasteiger partial charge in [0.15, 0.2) is 0 Å². The highest BCUT2D eigenvalue weighted by Gasteiger charge is 2.32. The fourth-order valence-electron chi connectivity index (χ4n) is 3.61. The van der Waals surface area contributed by atoms with Gasteiger partial charge in [0.25, 0.3) is 11.7 Å². The number of anilines is 2. The van der Waals surface area contributed by atoms with E-state index in [1.54, 1.807) is 23.2 Å². The molecule has 1 saturated heterocycles. The molecule has 0 aliphatic carbocycles. The number of ether oxygens (including phenoxy) is 2. The first kappa shape index (κ1) is 18.3. The third-order valence-electron chi connectivity index (χ3n) is 5.13. The number of hydrogen-bond acceptors (Lipinski definition) is 6. The smallest absolute Gasteiger partial charge is 0.358 e. The quantitative estimate of drug-likeness (QED) is 0.657.